The lowest BCUT2D eigenvalue weighted by Gasteiger charge is -2.08. The van der Waals surface area contributed by atoms with Gasteiger partial charge in [-0.1, -0.05) is 18.7 Å². The molecule has 0 aromatic heterocycles. The molecule has 0 spiro atoms. The first-order valence-electron chi connectivity index (χ1n) is 6.25. The van der Waals surface area contributed by atoms with E-state index < -0.39 is 11.9 Å². The number of carbonyl (C=O) groups excluding carboxylic acids is 1. The van der Waals surface area contributed by atoms with Crippen molar-refractivity contribution in [3.63, 3.8) is 0 Å². The maximum atomic E-state index is 11.1. The lowest BCUT2D eigenvalue weighted by atomic mass is 10.1. The maximum absolute atomic E-state index is 11.1. The van der Waals surface area contributed by atoms with Crippen LogP contribution in [0.1, 0.15) is 18.9 Å². The number of carboxylic acids is 1. The zero-order valence-electron chi connectivity index (χ0n) is 11.4. The van der Waals surface area contributed by atoms with Crippen LogP contribution in [-0.4, -0.2) is 30.3 Å². The molecule has 0 fully saturated rings. The molecule has 0 amide bonds. The van der Waals surface area contributed by atoms with Crippen molar-refractivity contribution < 1.29 is 24.2 Å². The van der Waals surface area contributed by atoms with Crippen LogP contribution in [0.15, 0.2) is 36.4 Å². The standard InChI is InChI=1S/C15H18O5/c1-11(2)15(18)20-10-9-19-13-6-3-12(4-7-13)5-8-14(16)17/h3-4,6-7H,1,5,8-10H2,2H3,(H,16,17). The Hall–Kier alpha value is -2.30. The SMILES string of the molecule is C=C(C)C(=O)OCCOc1ccc(CCC(=O)O)cc1. The number of carboxylic acid groups (broad SMARTS) is 1. The number of aliphatic carboxylic acids is 1. The number of hydrogen-bond acceptors (Lipinski definition) is 4. The van der Waals surface area contributed by atoms with Crippen molar-refractivity contribution in [1.82, 2.24) is 0 Å². The molecule has 1 aromatic carbocycles. The molecule has 1 rings (SSSR count). The summed E-state index contributed by atoms with van der Waals surface area (Å²) in [5.74, 6) is -0.599. The van der Waals surface area contributed by atoms with Crippen molar-refractivity contribution in [3.8, 4) is 5.75 Å². The Morgan fingerprint density at radius 3 is 2.40 bits per heavy atom. The molecule has 0 aliphatic heterocycles. The molecule has 20 heavy (non-hydrogen) atoms. The van der Waals surface area contributed by atoms with Crippen LogP contribution in [0.4, 0.5) is 0 Å². The number of carbonyl (C=O) groups is 2. The van der Waals surface area contributed by atoms with E-state index in [1.165, 1.54) is 0 Å². The van der Waals surface area contributed by atoms with Gasteiger partial charge in [-0.15, -0.1) is 0 Å². The maximum Gasteiger partial charge on any atom is 0.333 e. The first kappa shape index (κ1) is 15.8. The summed E-state index contributed by atoms with van der Waals surface area (Å²) >= 11 is 0. The fraction of sp³-hybridized carbons (Fsp3) is 0.333. The average molecular weight is 278 g/mol. The van der Waals surface area contributed by atoms with E-state index in [0.717, 1.165) is 5.56 Å². The van der Waals surface area contributed by atoms with Gasteiger partial charge in [0.05, 0.1) is 0 Å². The van der Waals surface area contributed by atoms with E-state index in [4.69, 9.17) is 14.6 Å². The molecule has 0 unspecified atom stereocenters. The second-order valence-electron chi connectivity index (χ2n) is 4.30. The number of esters is 1. The highest BCUT2D eigenvalue weighted by Crippen LogP contribution is 2.13. The van der Waals surface area contributed by atoms with Gasteiger partial charge in [0, 0.05) is 12.0 Å². The first-order chi connectivity index (χ1) is 9.49. The van der Waals surface area contributed by atoms with E-state index in [0.29, 0.717) is 17.7 Å². The van der Waals surface area contributed by atoms with Gasteiger partial charge in [-0.2, -0.15) is 0 Å². The van der Waals surface area contributed by atoms with Crippen LogP contribution in [0.3, 0.4) is 0 Å². The lowest BCUT2D eigenvalue weighted by Crippen LogP contribution is -2.12. The Morgan fingerprint density at radius 1 is 1.20 bits per heavy atom. The highest BCUT2D eigenvalue weighted by atomic mass is 16.6. The zero-order chi connectivity index (χ0) is 15.0. The predicted molar refractivity (Wildman–Crippen MR) is 73.7 cm³/mol. The Bertz CT molecular complexity index is 476. The molecule has 5 heteroatoms. The minimum atomic E-state index is -0.815. The van der Waals surface area contributed by atoms with Gasteiger partial charge in [0.1, 0.15) is 19.0 Å². The molecule has 0 aliphatic carbocycles. The van der Waals surface area contributed by atoms with E-state index in [-0.39, 0.29) is 19.6 Å². The van der Waals surface area contributed by atoms with Gasteiger partial charge in [-0.3, -0.25) is 4.79 Å². The van der Waals surface area contributed by atoms with E-state index in [9.17, 15) is 9.59 Å². The van der Waals surface area contributed by atoms with E-state index in [1.807, 2.05) is 12.1 Å². The minimum absolute atomic E-state index is 0.108. The molecule has 1 aromatic rings. The highest BCUT2D eigenvalue weighted by Gasteiger charge is 2.03. The van der Waals surface area contributed by atoms with Gasteiger partial charge in [-0.05, 0) is 31.0 Å². The normalized spacial score (nSPS) is 9.85. The summed E-state index contributed by atoms with van der Waals surface area (Å²) in [6.07, 6.45) is 0.600. The van der Waals surface area contributed by atoms with Gasteiger partial charge in [-0.25, -0.2) is 4.79 Å². The molecule has 0 radical (unpaired) electrons. The molecule has 0 saturated carbocycles. The largest absolute Gasteiger partial charge is 0.490 e. The zero-order valence-corrected chi connectivity index (χ0v) is 11.4. The summed E-state index contributed by atoms with van der Waals surface area (Å²) in [7, 11) is 0. The van der Waals surface area contributed by atoms with E-state index >= 15 is 0 Å². The fourth-order valence-corrected chi connectivity index (χ4v) is 1.42. The van der Waals surface area contributed by atoms with Crippen molar-refractivity contribution in [3.05, 3.63) is 42.0 Å². The van der Waals surface area contributed by atoms with E-state index in [2.05, 4.69) is 6.58 Å². The van der Waals surface area contributed by atoms with Crippen LogP contribution in [0.25, 0.3) is 0 Å². The quantitative estimate of drug-likeness (QED) is 0.448. The molecule has 1 N–H and O–H groups in total. The monoisotopic (exact) mass is 278 g/mol. The third kappa shape index (κ3) is 6.04. The third-order valence-corrected chi connectivity index (χ3v) is 2.48. The number of benzene rings is 1. The van der Waals surface area contributed by atoms with Gasteiger partial charge in [0.25, 0.3) is 0 Å². The molecular formula is C15H18O5. The summed E-state index contributed by atoms with van der Waals surface area (Å²) in [4.78, 5) is 21.5. The predicted octanol–water partition coefficient (Wildman–Crippen LogP) is 2.20. The van der Waals surface area contributed by atoms with Crippen molar-refractivity contribution >= 4 is 11.9 Å². The summed E-state index contributed by atoms with van der Waals surface area (Å²) in [5, 5.41) is 8.58. The third-order valence-electron chi connectivity index (χ3n) is 2.48. The summed E-state index contributed by atoms with van der Waals surface area (Å²) in [6.45, 7) is 5.47. The lowest BCUT2D eigenvalue weighted by molar-refractivity contribution is -0.139. The Kier molecular flexibility index (Phi) is 6.29. The molecule has 5 nitrogen and oxygen atoms in total. The molecule has 0 atom stereocenters. The van der Waals surface area contributed by atoms with Crippen LogP contribution in [0.5, 0.6) is 5.75 Å². The first-order valence-corrected chi connectivity index (χ1v) is 6.25. The molecular weight excluding hydrogens is 260 g/mol. The molecule has 0 heterocycles. The van der Waals surface area contributed by atoms with Gasteiger partial charge in [0.15, 0.2) is 0 Å². The Balaban J connectivity index is 2.29. The second kappa shape index (κ2) is 7.99. The van der Waals surface area contributed by atoms with Gasteiger partial charge >= 0.3 is 11.9 Å². The number of ether oxygens (including phenoxy) is 2. The number of rotatable bonds is 8. The van der Waals surface area contributed by atoms with Crippen LogP contribution in [0, 0.1) is 0 Å². The van der Waals surface area contributed by atoms with Crippen LogP contribution in [-0.2, 0) is 20.7 Å². The number of aryl methyl sites for hydroxylation is 1. The summed E-state index contributed by atoms with van der Waals surface area (Å²) in [5.41, 5.74) is 1.29. The molecule has 0 saturated heterocycles. The summed E-state index contributed by atoms with van der Waals surface area (Å²) < 4.78 is 10.3. The van der Waals surface area contributed by atoms with Crippen LogP contribution >= 0.6 is 0 Å². The van der Waals surface area contributed by atoms with Crippen molar-refractivity contribution in [1.29, 1.82) is 0 Å². The average Bonchev–Trinajstić information content (AvgIpc) is 2.42. The van der Waals surface area contributed by atoms with Gasteiger partial charge in [0.2, 0.25) is 0 Å². The van der Waals surface area contributed by atoms with Crippen molar-refractivity contribution in [2.24, 2.45) is 0 Å². The Morgan fingerprint density at radius 2 is 1.85 bits per heavy atom. The topological polar surface area (TPSA) is 72.8 Å². The van der Waals surface area contributed by atoms with Gasteiger partial charge < -0.3 is 14.6 Å². The minimum Gasteiger partial charge on any atom is -0.490 e. The Labute approximate surface area is 117 Å². The van der Waals surface area contributed by atoms with Crippen molar-refractivity contribution in [2.45, 2.75) is 19.8 Å². The molecule has 0 aliphatic rings. The molecule has 0 bridgehead atoms. The smallest absolute Gasteiger partial charge is 0.333 e. The van der Waals surface area contributed by atoms with Crippen LogP contribution in [0.2, 0.25) is 0 Å². The summed E-state index contributed by atoms with van der Waals surface area (Å²) in [6, 6.07) is 7.16. The fourth-order valence-electron chi connectivity index (χ4n) is 1.42. The molecule has 108 valence electrons. The highest BCUT2D eigenvalue weighted by molar-refractivity contribution is 5.86. The number of hydrogen-bond donors (Lipinski definition) is 1. The van der Waals surface area contributed by atoms with Crippen LogP contribution < -0.4 is 4.74 Å². The second-order valence-corrected chi connectivity index (χ2v) is 4.30. The van der Waals surface area contributed by atoms with E-state index in [1.54, 1.807) is 19.1 Å². The van der Waals surface area contributed by atoms with Crippen molar-refractivity contribution in [2.75, 3.05) is 13.2 Å².